The molecule has 0 aromatic heterocycles. The van der Waals surface area contributed by atoms with Crippen LogP contribution in [0.15, 0.2) is 53.0 Å². The number of hydrogen-bond acceptors (Lipinski definition) is 2. The summed E-state index contributed by atoms with van der Waals surface area (Å²) in [5.74, 6) is -0.243. The summed E-state index contributed by atoms with van der Waals surface area (Å²) in [5, 5.41) is 3.60. The van der Waals surface area contributed by atoms with Gasteiger partial charge in [0.25, 0.3) is 0 Å². The predicted octanol–water partition coefficient (Wildman–Crippen LogP) is 4.98. The lowest BCUT2D eigenvalue weighted by atomic mass is 10.1. The monoisotopic (exact) mass is 464 g/mol. The zero-order chi connectivity index (χ0) is 20.7. The number of nitrogens with zero attached hydrogens (tertiary/aromatic N) is 1. The summed E-state index contributed by atoms with van der Waals surface area (Å²) in [6.07, 6.45) is 1.05. The molecule has 2 aromatic carbocycles. The van der Waals surface area contributed by atoms with E-state index < -0.39 is 6.04 Å². The molecule has 0 spiro atoms. The lowest BCUT2D eigenvalue weighted by Crippen LogP contribution is -2.49. The number of halogens is 2. The van der Waals surface area contributed by atoms with Gasteiger partial charge in [0.1, 0.15) is 6.04 Å². The Bertz CT molecular complexity index is 793. The summed E-state index contributed by atoms with van der Waals surface area (Å²) in [7, 11) is 0. The average molecular weight is 466 g/mol. The molecule has 2 amide bonds. The SMILES string of the molecule is CC[C@@H](C)NC(=O)[C@H](C)N(Cc1ccc(Br)cc1)C(=O)Cc1ccc(Cl)cc1. The highest BCUT2D eigenvalue weighted by atomic mass is 79.9. The van der Waals surface area contributed by atoms with E-state index in [-0.39, 0.29) is 24.3 Å². The minimum atomic E-state index is -0.572. The third kappa shape index (κ3) is 6.64. The number of amides is 2. The lowest BCUT2D eigenvalue weighted by molar-refractivity contribution is -0.140. The van der Waals surface area contributed by atoms with Crippen molar-refractivity contribution in [3.63, 3.8) is 0 Å². The van der Waals surface area contributed by atoms with Crippen molar-refractivity contribution in [2.75, 3.05) is 0 Å². The van der Waals surface area contributed by atoms with Gasteiger partial charge in [-0.05, 0) is 55.7 Å². The summed E-state index contributed by atoms with van der Waals surface area (Å²) >= 11 is 9.36. The van der Waals surface area contributed by atoms with Crippen LogP contribution in [0.1, 0.15) is 38.3 Å². The molecule has 0 unspecified atom stereocenters. The van der Waals surface area contributed by atoms with Crippen LogP contribution in [0, 0.1) is 0 Å². The number of carbonyl (C=O) groups excluding carboxylic acids is 2. The molecule has 0 saturated carbocycles. The van der Waals surface area contributed by atoms with Crippen molar-refractivity contribution < 1.29 is 9.59 Å². The fourth-order valence-corrected chi connectivity index (χ4v) is 3.10. The molecule has 4 nitrogen and oxygen atoms in total. The normalized spacial score (nSPS) is 12.9. The molecule has 0 heterocycles. The molecule has 0 radical (unpaired) electrons. The van der Waals surface area contributed by atoms with Crippen LogP contribution in [0.3, 0.4) is 0 Å². The molecule has 0 aliphatic carbocycles. The summed E-state index contributed by atoms with van der Waals surface area (Å²) in [6, 6.07) is 14.5. The van der Waals surface area contributed by atoms with Crippen molar-refractivity contribution >= 4 is 39.3 Å². The van der Waals surface area contributed by atoms with E-state index in [1.165, 1.54) is 0 Å². The molecule has 2 aromatic rings. The van der Waals surface area contributed by atoms with E-state index in [0.29, 0.717) is 11.6 Å². The van der Waals surface area contributed by atoms with E-state index in [1.54, 1.807) is 24.0 Å². The van der Waals surface area contributed by atoms with Gasteiger partial charge in [-0.1, -0.05) is 58.7 Å². The standard InChI is InChI=1S/C22H26BrClN2O2/c1-4-15(2)25-22(28)16(3)26(14-18-5-9-19(23)10-6-18)21(27)13-17-7-11-20(24)12-8-17/h5-12,15-16H,4,13-14H2,1-3H3,(H,25,28)/t15-,16+/m1/s1. The maximum absolute atomic E-state index is 13.1. The number of rotatable bonds is 8. The fraction of sp³-hybridized carbons (Fsp3) is 0.364. The summed E-state index contributed by atoms with van der Waals surface area (Å²) in [6.45, 7) is 6.12. The minimum absolute atomic E-state index is 0.0656. The third-order valence-corrected chi connectivity index (χ3v) is 5.48. The molecule has 0 fully saturated rings. The molecule has 0 saturated heterocycles. The predicted molar refractivity (Wildman–Crippen MR) is 117 cm³/mol. The third-order valence-electron chi connectivity index (χ3n) is 4.70. The topological polar surface area (TPSA) is 49.4 Å². The molecular formula is C22H26BrClN2O2. The first-order valence-corrected chi connectivity index (χ1v) is 10.6. The second-order valence-corrected chi connectivity index (χ2v) is 8.30. The van der Waals surface area contributed by atoms with Gasteiger partial charge in [0.05, 0.1) is 6.42 Å². The second-order valence-electron chi connectivity index (χ2n) is 6.95. The highest BCUT2D eigenvalue weighted by Gasteiger charge is 2.26. The van der Waals surface area contributed by atoms with Crippen LogP contribution in [0.2, 0.25) is 5.02 Å². The molecule has 28 heavy (non-hydrogen) atoms. The molecule has 0 aliphatic heterocycles. The van der Waals surface area contributed by atoms with Gasteiger partial charge in [0, 0.05) is 22.1 Å². The highest BCUT2D eigenvalue weighted by molar-refractivity contribution is 9.10. The Kier molecular flexibility index (Phi) is 8.52. The molecule has 2 rings (SSSR count). The Hall–Kier alpha value is -1.85. The van der Waals surface area contributed by atoms with Crippen LogP contribution in [-0.4, -0.2) is 28.8 Å². The zero-order valence-electron chi connectivity index (χ0n) is 16.4. The van der Waals surface area contributed by atoms with Crippen molar-refractivity contribution in [1.29, 1.82) is 0 Å². The van der Waals surface area contributed by atoms with Crippen LogP contribution < -0.4 is 5.32 Å². The largest absolute Gasteiger partial charge is 0.352 e. The van der Waals surface area contributed by atoms with Crippen LogP contribution in [0.25, 0.3) is 0 Å². The summed E-state index contributed by atoms with van der Waals surface area (Å²) in [5.41, 5.74) is 1.83. The molecule has 6 heteroatoms. The summed E-state index contributed by atoms with van der Waals surface area (Å²) < 4.78 is 0.970. The first kappa shape index (κ1) is 22.4. The van der Waals surface area contributed by atoms with Gasteiger partial charge in [0.2, 0.25) is 11.8 Å². The maximum atomic E-state index is 13.1. The fourth-order valence-electron chi connectivity index (χ4n) is 2.71. The van der Waals surface area contributed by atoms with Crippen LogP contribution in [0.5, 0.6) is 0 Å². The molecule has 2 atom stereocenters. The first-order chi connectivity index (χ1) is 13.3. The van der Waals surface area contributed by atoms with E-state index >= 15 is 0 Å². The van der Waals surface area contributed by atoms with Gasteiger partial charge >= 0.3 is 0 Å². The highest BCUT2D eigenvalue weighted by Crippen LogP contribution is 2.16. The van der Waals surface area contributed by atoms with E-state index in [1.807, 2.05) is 50.2 Å². The molecule has 0 bridgehead atoms. The van der Waals surface area contributed by atoms with Crippen molar-refractivity contribution in [1.82, 2.24) is 10.2 Å². The van der Waals surface area contributed by atoms with Crippen LogP contribution >= 0.6 is 27.5 Å². The molecule has 1 N–H and O–H groups in total. The van der Waals surface area contributed by atoms with Gasteiger partial charge in [-0.15, -0.1) is 0 Å². The number of nitrogens with one attached hydrogen (secondary N) is 1. The van der Waals surface area contributed by atoms with Crippen LogP contribution in [-0.2, 0) is 22.6 Å². The Morgan fingerprint density at radius 3 is 2.18 bits per heavy atom. The Labute approximate surface area is 180 Å². The van der Waals surface area contributed by atoms with Crippen molar-refractivity contribution in [3.05, 3.63) is 69.2 Å². The summed E-state index contributed by atoms with van der Waals surface area (Å²) in [4.78, 5) is 27.4. The van der Waals surface area contributed by atoms with E-state index in [0.717, 1.165) is 22.0 Å². The minimum Gasteiger partial charge on any atom is -0.352 e. The van der Waals surface area contributed by atoms with E-state index in [9.17, 15) is 9.59 Å². The van der Waals surface area contributed by atoms with Crippen molar-refractivity contribution in [2.24, 2.45) is 0 Å². The van der Waals surface area contributed by atoms with Gasteiger partial charge in [-0.3, -0.25) is 9.59 Å². The average Bonchev–Trinajstić information content (AvgIpc) is 2.68. The van der Waals surface area contributed by atoms with Gasteiger partial charge in [0.15, 0.2) is 0 Å². The van der Waals surface area contributed by atoms with E-state index in [2.05, 4.69) is 21.2 Å². The quantitative estimate of drug-likeness (QED) is 0.598. The van der Waals surface area contributed by atoms with Crippen molar-refractivity contribution in [3.8, 4) is 0 Å². The first-order valence-electron chi connectivity index (χ1n) is 9.39. The lowest BCUT2D eigenvalue weighted by Gasteiger charge is -2.30. The molecular weight excluding hydrogens is 440 g/mol. The van der Waals surface area contributed by atoms with E-state index in [4.69, 9.17) is 11.6 Å². The Balaban J connectivity index is 2.20. The number of carbonyl (C=O) groups is 2. The second kappa shape index (κ2) is 10.6. The smallest absolute Gasteiger partial charge is 0.242 e. The molecule has 0 aliphatic rings. The number of hydrogen-bond donors (Lipinski definition) is 1. The van der Waals surface area contributed by atoms with Crippen LogP contribution in [0.4, 0.5) is 0 Å². The Morgan fingerprint density at radius 2 is 1.61 bits per heavy atom. The zero-order valence-corrected chi connectivity index (χ0v) is 18.8. The van der Waals surface area contributed by atoms with Gasteiger partial charge in [-0.25, -0.2) is 0 Å². The Morgan fingerprint density at radius 1 is 1.04 bits per heavy atom. The maximum Gasteiger partial charge on any atom is 0.242 e. The van der Waals surface area contributed by atoms with Gasteiger partial charge < -0.3 is 10.2 Å². The van der Waals surface area contributed by atoms with Gasteiger partial charge in [-0.2, -0.15) is 0 Å². The van der Waals surface area contributed by atoms with Crippen molar-refractivity contribution in [2.45, 2.75) is 52.2 Å². The molecule has 150 valence electrons. The number of benzene rings is 2.